The number of fused-ring (bicyclic) bond motifs is 1. The van der Waals surface area contributed by atoms with Crippen LogP contribution in [0.5, 0.6) is 17.2 Å². The molecule has 1 heterocycles. The van der Waals surface area contributed by atoms with Crippen molar-refractivity contribution in [2.75, 3.05) is 26.6 Å². The second-order valence-corrected chi connectivity index (χ2v) is 8.33. The Balaban J connectivity index is 1.72. The Morgan fingerprint density at radius 3 is 2.26 bits per heavy atom. The number of carbonyl (C=O) groups is 2. The van der Waals surface area contributed by atoms with E-state index in [4.69, 9.17) is 14.2 Å². The maximum absolute atomic E-state index is 13.4. The number of methoxy groups -OCH3 is 3. The Bertz CT molecular complexity index is 1210. The second kappa shape index (κ2) is 10.5. The molecule has 182 valence electrons. The summed E-state index contributed by atoms with van der Waals surface area (Å²) in [7, 11) is 4.62. The Hall–Kier alpha value is -4.00. The summed E-state index contributed by atoms with van der Waals surface area (Å²) in [6.45, 7) is 2.46. The van der Waals surface area contributed by atoms with Crippen LogP contribution < -0.4 is 19.5 Å². The molecule has 3 aromatic carbocycles. The number of para-hydroxylation sites is 1. The predicted molar refractivity (Wildman–Crippen MR) is 134 cm³/mol. The summed E-state index contributed by atoms with van der Waals surface area (Å²) < 4.78 is 16.6. The maximum atomic E-state index is 13.4. The number of anilines is 1. The molecule has 0 unspecified atom stereocenters. The molecule has 1 aliphatic rings. The fourth-order valence-electron chi connectivity index (χ4n) is 4.56. The Labute approximate surface area is 205 Å². The van der Waals surface area contributed by atoms with Crippen LogP contribution in [0, 0.1) is 0 Å². The van der Waals surface area contributed by atoms with Gasteiger partial charge in [-0.1, -0.05) is 43.3 Å². The Morgan fingerprint density at radius 2 is 1.63 bits per heavy atom. The average Bonchev–Trinajstić information content (AvgIpc) is 3.22. The van der Waals surface area contributed by atoms with E-state index in [-0.39, 0.29) is 18.2 Å². The van der Waals surface area contributed by atoms with Crippen molar-refractivity contribution in [1.82, 2.24) is 4.90 Å². The molecule has 0 bridgehead atoms. The van der Waals surface area contributed by atoms with Crippen LogP contribution in [-0.4, -0.2) is 38.0 Å². The van der Waals surface area contributed by atoms with Crippen molar-refractivity contribution in [3.63, 3.8) is 0 Å². The number of amides is 2. The molecule has 4 rings (SSSR count). The van der Waals surface area contributed by atoms with Gasteiger partial charge in [0.2, 0.25) is 11.7 Å². The molecule has 3 aromatic rings. The van der Waals surface area contributed by atoms with Gasteiger partial charge < -0.3 is 24.4 Å². The zero-order valence-corrected chi connectivity index (χ0v) is 20.5. The van der Waals surface area contributed by atoms with E-state index in [0.29, 0.717) is 29.4 Å². The standard InChI is InChI=1S/C28H30N2O5/c1-5-18-10-7-9-13-22(18)29-26(31)16-23(30-17-19-11-6-8-12-21(19)28(30)32)20-14-24(33-2)27(35-4)25(15-20)34-3/h6-15,23H,5,16-17H2,1-4H3,(H,29,31)/t23-/m0/s1. The Morgan fingerprint density at radius 1 is 0.971 bits per heavy atom. The van der Waals surface area contributed by atoms with Gasteiger partial charge in [-0.2, -0.15) is 0 Å². The van der Waals surface area contributed by atoms with Crippen LogP contribution >= 0.6 is 0 Å². The van der Waals surface area contributed by atoms with Gasteiger partial charge in [0.05, 0.1) is 33.8 Å². The van der Waals surface area contributed by atoms with Gasteiger partial charge in [0.1, 0.15) is 0 Å². The molecule has 0 aliphatic carbocycles. The van der Waals surface area contributed by atoms with Crippen LogP contribution in [0.3, 0.4) is 0 Å². The van der Waals surface area contributed by atoms with Crippen LogP contribution in [-0.2, 0) is 17.8 Å². The third kappa shape index (κ3) is 4.80. The van der Waals surface area contributed by atoms with Crippen molar-refractivity contribution in [2.24, 2.45) is 0 Å². The maximum Gasteiger partial charge on any atom is 0.255 e. The van der Waals surface area contributed by atoms with Crippen molar-refractivity contribution >= 4 is 17.5 Å². The zero-order valence-electron chi connectivity index (χ0n) is 20.5. The number of carbonyl (C=O) groups excluding carboxylic acids is 2. The van der Waals surface area contributed by atoms with Crippen molar-refractivity contribution < 1.29 is 23.8 Å². The number of hydrogen-bond acceptors (Lipinski definition) is 5. The van der Waals surface area contributed by atoms with Gasteiger partial charge in [0, 0.05) is 17.8 Å². The van der Waals surface area contributed by atoms with E-state index >= 15 is 0 Å². The van der Waals surface area contributed by atoms with Crippen LogP contribution in [0.15, 0.2) is 60.7 Å². The molecule has 0 aromatic heterocycles. The number of rotatable bonds is 9. The van der Waals surface area contributed by atoms with Gasteiger partial charge in [0.15, 0.2) is 11.5 Å². The summed E-state index contributed by atoms with van der Waals surface area (Å²) in [5.41, 5.74) is 4.14. The second-order valence-electron chi connectivity index (χ2n) is 8.33. The zero-order chi connectivity index (χ0) is 24.9. The first-order valence-corrected chi connectivity index (χ1v) is 11.6. The van der Waals surface area contributed by atoms with Crippen LogP contribution in [0.1, 0.15) is 46.4 Å². The van der Waals surface area contributed by atoms with Crippen molar-refractivity contribution in [3.8, 4) is 17.2 Å². The molecule has 1 aliphatic heterocycles. The topological polar surface area (TPSA) is 77.1 Å². The van der Waals surface area contributed by atoms with Crippen molar-refractivity contribution in [1.29, 1.82) is 0 Å². The quantitative estimate of drug-likeness (QED) is 0.472. The highest BCUT2D eigenvalue weighted by Gasteiger charge is 2.35. The number of nitrogens with one attached hydrogen (secondary N) is 1. The van der Waals surface area contributed by atoms with Gasteiger partial charge >= 0.3 is 0 Å². The fraction of sp³-hybridized carbons (Fsp3) is 0.286. The highest BCUT2D eigenvalue weighted by Crippen LogP contribution is 2.43. The number of aryl methyl sites for hydroxylation is 1. The lowest BCUT2D eigenvalue weighted by Crippen LogP contribution is -2.32. The molecule has 0 radical (unpaired) electrons. The van der Waals surface area contributed by atoms with Crippen molar-refractivity contribution in [2.45, 2.75) is 32.4 Å². The number of nitrogens with zero attached hydrogens (tertiary/aromatic N) is 1. The first-order chi connectivity index (χ1) is 17.0. The minimum atomic E-state index is -0.544. The molecule has 0 saturated heterocycles. The van der Waals surface area contributed by atoms with E-state index in [2.05, 4.69) is 5.32 Å². The number of benzene rings is 3. The Kier molecular flexibility index (Phi) is 7.25. The van der Waals surface area contributed by atoms with E-state index in [1.807, 2.05) is 55.5 Å². The van der Waals surface area contributed by atoms with E-state index in [1.165, 1.54) is 7.11 Å². The molecule has 0 saturated carbocycles. The van der Waals surface area contributed by atoms with E-state index < -0.39 is 6.04 Å². The first kappa shape index (κ1) is 24.1. The third-order valence-corrected chi connectivity index (χ3v) is 6.35. The molecule has 0 fully saturated rings. The lowest BCUT2D eigenvalue weighted by molar-refractivity contribution is -0.117. The SMILES string of the molecule is CCc1ccccc1NC(=O)C[C@@H](c1cc(OC)c(OC)c(OC)c1)N1Cc2ccccc2C1=O. The molecule has 2 amide bonds. The molecule has 7 nitrogen and oxygen atoms in total. The summed E-state index contributed by atoms with van der Waals surface area (Å²) in [6, 6.07) is 18.3. The van der Waals surface area contributed by atoms with Gasteiger partial charge in [-0.05, 0) is 47.4 Å². The molecular formula is C28H30N2O5. The summed E-state index contributed by atoms with van der Waals surface area (Å²) in [4.78, 5) is 28.4. The van der Waals surface area contributed by atoms with Gasteiger partial charge in [-0.3, -0.25) is 9.59 Å². The number of ether oxygens (including phenoxy) is 3. The molecular weight excluding hydrogens is 444 g/mol. The fourth-order valence-corrected chi connectivity index (χ4v) is 4.56. The summed E-state index contributed by atoms with van der Waals surface area (Å²) in [5.74, 6) is 1.09. The van der Waals surface area contributed by atoms with E-state index in [0.717, 1.165) is 28.8 Å². The van der Waals surface area contributed by atoms with Crippen molar-refractivity contribution in [3.05, 3.63) is 82.9 Å². The summed E-state index contributed by atoms with van der Waals surface area (Å²) in [5, 5.41) is 3.04. The normalized spacial score (nSPS) is 13.3. The largest absolute Gasteiger partial charge is 0.493 e. The van der Waals surface area contributed by atoms with E-state index in [1.54, 1.807) is 31.3 Å². The lowest BCUT2D eigenvalue weighted by Gasteiger charge is -2.29. The van der Waals surface area contributed by atoms with Gasteiger partial charge in [-0.15, -0.1) is 0 Å². The minimum Gasteiger partial charge on any atom is -0.493 e. The first-order valence-electron chi connectivity index (χ1n) is 11.6. The molecule has 35 heavy (non-hydrogen) atoms. The summed E-state index contributed by atoms with van der Waals surface area (Å²) in [6.07, 6.45) is 0.864. The highest BCUT2D eigenvalue weighted by atomic mass is 16.5. The summed E-state index contributed by atoms with van der Waals surface area (Å²) >= 11 is 0. The highest BCUT2D eigenvalue weighted by molar-refractivity contribution is 5.99. The number of hydrogen-bond donors (Lipinski definition) is 1. The minimum absolute atomic E-state index is 0.0659. The van der Waals surface area contributed by atoms with Crippen LogP contribution in [0.25, 0.3) is 0 Å². The molecule has 1 N–H and O–H groups in total. The lowest BCUT2D eigenvalue weighted by atomic mass is 9.99. The van der Waals surface area contributed by atoms with Gasteiger partial charge in [-0.25, -0.2) is 0 Å². The van der Waals surface area contributed by atoms with Crippen LogP contribution in [0.4, 0.5) is 5.69 Å². The molecule has 0 spiro atoms. The molecule has 1 atom stereocenters. The van der Waals surface area contributed by atoms with Crippen LogP contribution in [0.2, 0.25) is 0 Å². The average molecular weight is 475 g/mol. The third-order valence-electron chi connectivity index (χ3n) is 6.35. The van der Waals surface area contributed by atoms with E-state index in [9.17, 15) is 9.59 Å². The monoisotopic (exact) mass is 474 g/mol. The van der Waals surface area contributed by atoms with Gasteiger partial charge in [0.25, 0.3) is 5.91 Å². The molecule has 7 heteroatoms. The predicted octanol–water partition coefficient (Wildman–Crippen LogP) is 5.00. The smallest absolute Gasteiger partial charge is 0.255 e.